The van der Waals surface area contributed by atoms with Gasteiger partial charge in [-0.15, -0.1) is 0 Å². The van der Waals surface area contributed by atoms with Crippen molar-refractivity contribution in [1.82, 2.24) is 10.6 Å². The summed E-state index contributed by atoms with van der Waals surface area (Å²) < 4.78 is 28.2. The first kappa shape index (κ1) is 14.6. The third kappa shape index (κ3) is 4.68. The van der Waals surface area contributed by atoms with Crippen LogP contribution in [0.1, 0.15) is 31.2 Å². The number of amides is 2. The number of ether oxygens (including phenoxy) is 1. The molecule has 1 aromatic rings. The van der Waals surface area contributed by atoms with Crippen LogP contribution in [0.3, 0.4) is 0 Å². The van der Waals surface area contributed by atoms with Gasteiger partial charge in [-0.25, -0.2) is 4.79 Å². The van der Waals surface area contributed by atoms with Crippen LogP contribution in [-0.4, -0.2) is 18.7 Å². The Morgan fingerprint density at radius 2 is 1.90 bits per heavy atom. The quantitative estimate of drug-likeness (QED) is 0.873. The maximum Gasteiger partial charge on any atom is 0.387 e. The van der Waals surface area contributed by atoms with Crippen LogP contribution in [0.15, 0.2) is 24.3 Å². The van der Waals surface area contributed by atoms with E-state index in [9.17, 15) is 13.6 Å². The van der Waals surface area contributed by atoms with Crippen molar-refractivity contribution >= 4 is 6.03 Å². The number of carbonyl (C=O) groups is 1. The molecule has 1 aromatic carbocycles. The standard InChI is InChI=1S/C14H18F2N2O2/c15-13(16)20-12-7-5-10(6-8-12)9-17-14(19)18-11-3-1-2-4-11/h5-8,11,13H,1-4,9H2,(H2,17,18,19). The van der Waals surface area contributed by atoms with Gasteiger partial charge in [-0.05, 0) is 30.5 Å². The Hall–Kier alpha value is -1.85. The average molecular weight is 284 g/mol. The normalized spacial score (nSPS) is 15.3. The van der Waals surface area contributed by atoms with Gasteiger partial charge in [0.2, 0.25) is 0 Å². The van der Waals surface area contributed by atoms with Crippen LogP contribution >= 0.6 is 0 Å². The molecule has 0 heterocycles. The molecular weight excluding hydrogens is 266 g/mol. The number of halogens is 2. The smallest absolute Gasteiger partial charge is 0.387 e. The van der Waals surface area contributed by atoms with E-state index in [-0.39, 0.29) is 17.8 Å². The molecular formula is C14H18F2N2O2. The highest BCUT2D eigenvalue weighted by atomic mass is 19.3. The zero-order valence-corrected chi connectivity index (χ0v) is 11.1. The molecule has 2 N–H and O–H groups in total. The lowest BCUT2D eigenvalue weighted by atomic mass is 10.2. The van der Waals surface area contributed by atoms with Crippen LogP contribution in [0.4, 0.5) is 13.6 Å². The lowest BCUT2D eigenvalue weighted by Gasteiger charge is -2.13. The molecule has 0 unspecified atom stereocenters. The number of alkyl halides is 2. The highest BCUT2D eigenvalue weighted by Gasteiger charge is 2.16. The lowest BCUT2D eigenvalue weighted by Crippen LogP contribution is -2.40. The molecule has 4 nitrogen and oxygen atoms in total. The number of rotatable bonds is 5. The predicted molar refractivity (Wildman–Crippen MR) is 70.7 cm³/mol. The molecule has 2 rings (SSSR count). The second kappa shape index (κ2) is 7.07. The van der Waals surface area contributed by atoms with E-state index in [1.165, 1.54) is 12.1 Å². The summed E-state index contributed by atoms with van der Waals surface area (Å²) in [5, 5.41) is 5.66. The number of hydrogen-bond donors (Lipinski definition) is 2. The number of urea groups is 1. The van der Waals surface area contributed by atoms with Crippen molar-refractivity contribution < 1.29 is 18.3 Å². The van der Waals surface area contributed by atoms with Crippen molar-refractivity contribution in [1.29, 1.82) is 0 Å². The van der Waals surface area contributed by atoms with Crippen LogP contribution in [0.2, 0.25) is 0 Å². The maximum atomic E-state index is 12.0. The van der Waals surface area contributed by atoms with E-state index in [0.717, 1.165) is 31.2 Å². The van der Waals surface area contributed by atoms with Crippen molar-refractivity contribution in [2.75, 3.05) is 0 Å². The highest BCUT2D eigenvalue weighted by molar-refractivity contribution is 5.74. The van der Waals surface area contributed by atoms with Crippen LogP contribution in [-0.2, 0) is 6.54 Å². The highest BCUT2D eigenvalue weighted by Crippen LogP contribution is 2.17. The van der Waals surface area contributed by atoms with Crippen molar-refractivity contribution in [2.24, 2.45) is 0 Å². The van der Waals surface area contributed by atoms with Crippen LogP contribution < -0.4 is 15.4 Å². The molecule has 0 bridgehead atoms. The van der Waals surface area contributed by atoms with E-state index in [2.05, 4.69) is 15.4 Å². The van der Waals surface area contributed by atoms with Gasteiger partial charge in [0, 0.05) is 12.6 Å². The number of hydrogen-bond acceptors (Lipinski definition) is 2. The molecule has 0 spiro atoms. The Labute approximate surface area is 116 Å². The Kier molecular flexibility index (Phi) is 5.15. The maximum absolute atomic E-state index is 12.0. The summed E-state index contributed by atoms with van der Waals surface area (Å²) in [5.74, 6) is 0.110. The Morgan fingerprint density at radius 1 is 1.25 bits per heavy atom. The fourth-order valence-electron chi connectivity index (χ4n) is 2.28. The summed E-state index contributed by atoms with van der Waals surface area (Å²) in [5.41, 5.74) is 0.827. The van der Waals surface area contributed by atoms with E-state index in [1.807, 2.05) is 0 Å². The summed E-state index contributed by atoms with van der Waals surface area (Å²) in [6.45, 7) is -2.47. The summed E-state index contributed by atoms with van der Waals surface area (Å²) in [6, 6.07) is 6.29. The lowest BCUT2D eigenvalue weighted by molar-refractivity contribution is -0.0498. The summed E-state index contributed by atoms with van der Waals surface area (Å²) in [4.78, 5) is 11.6. The van der Waals surface area contributed by atoms with Gasteiger partial charge >= 0.3 is 12.6 Å². The Balaban J connectivity index is 1.74. The second-order valence-corrected chi connectivity index (χ2v) is 4.83. The van der Waals surface area contributed by atoms with Crippen LogP contribution in [0, 0.1) is 0 Å². The molecule has 0 radical (unpaired) electrons. The zero-order chi connectivity index (χ0) is 14.4. The van der Waals surface area contributed by atoms with E-state index >= 15 is 0 Å². The number of benzene rings is 1. The number of nitrogens with one attached hydrogen (secondary N) is 2. The molecule has 110 valence electrons. The zero-order valence-electron chi connectivity index (χ0n) is 11.1. The van der Waals surface area contributed by atoms with Crippen molar-refractivity contribution in [3.63, 3.8) is 0 Å². The van der Waals surface area contributed by atoms with Crippen molar-refractivity contribution in [3.05, 3.63) is 29.8 Å². The first-order valence-corrected chi connectivity index (χ1v) is 6.71. The van der Waals surface area contributed by atoms with E-state index < -0.39 is 6.61 Å². The molecule has 1 aliphatic carbocycles. The minimum absolute atomic E-state index is 0.110. The van der Waals surface area contributed by atoms with Crippen LogP contribution in [0.25, 0.3) is 0 Å². The molecule has 0 aromatic heterocycles. The van der Waals surface area contributed by atoms with Gasteiger partial charge in [0.25, 0.3) is 0 Å². The average Bonchev–Trinajstić information content (AvgIpc) is 2.90. The van der Waals surface area contributed by atoms with Crippen LogP contribution in [0.5, 0.6) is 5.75 Å². The van der Waals surface area contributed by atoms with E-state index in [1.54, 1.807) is 12.1 Å². The molecule has 0 saturated heterocycles. The van der Waals surface area contributed by atoms with Crippen molar-refractivity contribution in [3.8, 4) is 5.75 Å². The fourth-order valence-corrected chi connectivity index (χ4v) is 2.28. The fraction of sp³-hybridized carbons (Fsp3) is 0.500. The summed E-state index contributed by atoms with van der Waals surface area (Å²) >= 11 is 0. The minimum atomic E-state index is -2.82. The molecule has 2 amide bonds. The summed E-state index contributed by atoms with van der Waals surface area (Å²) in [6.07, 6.45) is 4.40. The third-order valence-corrected chi connectivity index (χ3v) is 3.29. The van der Waals surface area contributed by atoms with Crippen molar-refractivity contribution in [2.45, 2.75) is 44.9 Å². The van der Waals surface area contributed by atoms with Gasteiger partial charge in [-0.3, -0.25) is 0 Å². The first-order valence-electron chi connectivity index (χ1n) is 6.71. The molecule has 0 aliphatic heterocycles. The molecule has 20 heavy (non-hydrogen) atoms. The number of carbonyl (C=O) groups excluding carboxylic acids is 1. The largest absolute Gasteiger partial charge is 0.435 e. The molecule has 0 atom stereocenters. The molecule has 1 saturated carbocycles. The second-order valence-electron chi connectivity index (χ2n) is 4.83. The van der Waals surface area contributed by atoms with Gasteiger partial charge in [0.1, 0.15) is 5.75 Å². The predicted octanol–water partition coefficient (Wildman–Crippen LogP) is 3.03. The van der Waals surface area contributed by atoms with Gasteiger partial charge < -0.3 is 15.4 Å². The van der Waals surface area contributed by atoms with E-state index in [4.69, 9.17) is 0 Å². The molecule has 1 aliphatic rings. The SMILES string of the molecule is O=C(NCc1ccc(OC(F)F)cc1)NC1CCCC1. The third-order valence-electron chi connectivity index (χ3n) is 3.29. The minimum Gasteiger partial charge on any atom is -0.435 e. The van der Waals surface area contributed by atoms with Gasteiger partial charge in [0.05, 0.1) is 0 Å². The summed E-state index contributed by atoms with van der Waals surface area (Å²) in [7, 11) is 0. The van der Waals surface area contributed by atoms with Gasteiger partial charge in [-0.1, -0.05) is 25.0 Å². The van der Waals surface area contributed by atoms with Gasteiger partial charge in [0.15, 0.2) is 0 Å². The Morgan fingerprint density at radius 3 is 2.50 bits per heavy atom. The monoisotopic (exact) mass is 284 g/mol. The van der Waals surface area contributed by atoms with E-state index in [0.29, 0.717) is 6.54 Å². The van der Waals surface area contributed by atoms with Gasteiger partial charge in [-0.2, -0.15) is 8.78 Å². The first-order chi connectivity index (χ1) is 9.63. The Bertz CT molecular complexity index is 431. The molecule has 6 heteroatoms. The molecule has 1 fully saturated rings. The topological polar surface area (TPSA) is 50.4 Å².